The van der Waals surface area contributed by atoms with Crippen LogP contribution in [0.4, 0.5) is 0 Å². The topological polar surface area (TPSA) is 38.5 Å². The van der Waals surface area contributed by atoms with Crippen molar-refractivity contribution in [2.24, 2.45) is 5.73 Å². The molecule has 1 aromatic rings. The van der Waals surface area contributed by atoms with Crippen molar-refractivity contribution in [2.45, 2.75) is 6.04 Å². The molecule has 0 radical (unpaired) electrons. The van der Waals surface area contributed by atoms with Crippen LogP contribution in [0.25, 0.3) is 0 Å². The highest BCUT2D eigenvalue weighted by Crippen LogP contribution is 2.33. The minimum Gasteiger partial charge on any atom is -0.495 e. The molecule has 0 bridgehead atoms. The lowest BCUT2D eigenvalue weighted by molar-refractivity contribution is 0.376. The molecule has 0 saturated heterocycles. The van der Waals surface area contributed by atoms with Gasteiger partial charge in [-0.15, -0.1) is 0 Å². The van der Waals surface area contributed by atoms with E-state index in [1.165, 1.54) is 0 Å². The molecule has 0 aliphatic rings. The van der Waals surface area contributed by atoms with Crippen molar-refractivity contribution in [3.05, 3.63) is 27.7 Å². The second-order valence-corrected chi connectivity index (χ2v) is 4.69. The molecule has 0 aromatic heterocycles. The van der Waals surface area contributed by atoms with E-state index < -0.39 is 0 Å². The zero-order valence-electron chi connectivity index (χ0n) is 9.63. The number of likely N-dealkylation sites (N-methyl/N-ethyl adjacent to an activating group) is 1. The van der Waals surface area contributed by atoms with Gasteiger partial charge in [0.2, 0.25) is 0 Å². The van der Waals surface area contributed by atoms with Crippen molar-refractivity contribution in [3.8, 4) is 5.75 Å². The summed E-state index contributed by atoms with van der Waals surface area (Å²) in [5.74, 6) is 0.562. The highest BCUT2D eigenvalue weighted by atomic mass is 35.5. The molecule has 0 spiro atoms. The van der Waals surface area contributed by atoms with Crippen molar-refractivity contribution in [1.82, 2.24) is 4.90 Å². The van der Waals surface area contributed by atoms with Gasteiger partial charge in [-0.25, -0.2) is 0 Å². The minimum absolute atomic E-state index is 0.161. The summed E-state index contributed by atoms with van der Waals surface area (Å²) >= 11 is 12.2. The first-order chi connectivity index (χ1) is 7.45. The fourth-order valence-electron chi connectivity index (χ4n) is 1.48. The van der Waals surface area contributed by atoms with Gasteiger partial charge in [-0.2, -0.15) is 0 Å². The van der Waals surface area contributed by atoms with E-state index in [-0.39, 0.29) is 6.04 Å². The van der Waals surface area contributed by atoms with Gasteiger partial charge < -0.3 is 15.4 Å². The molecule has 1 aromatic carbocycles. The number of halogens is 2. The smallest absolute Gasteiger partial charge is 0.138 e. The predicted octanol–water partition coefficient (Wildman–Crippen LogP) is 2.56. The largest absolute Gasteiger partial charge is 0.495 e. The minimum atomic E-state index is -0.161. The quantitative estimate of drug-likeness (QED) is 0.907. The van der Waals surface area contributed by atoms with Gasteiger partial charge in [0.25, 0.3) is 0 Å². The maximum Gasteiger partial charge on any atom is 0.138 e. The van der Waals surface area contributed by atoms with E-state index in [2.05, 4.69) is 0 Å². The fraction of sp³-hybridized carbons (Fsp3) is 0.455. The Kier molecular flexibility index (Phi) is 4.87. The van der Waals surface area contributed by atoms with Crippen molar-refractivity contribution < 1.29 is 4.74 Å². The molecule has 0 aliphatic carbocycles. The lowest BCUT2D eigenvalue weighted by atomic mass is 10.1. The van der Waals surface area contributed by atoms with Crippen LogP contribution < -0.4 is 10.5 Å². The second-order valence-electron chi connectivity index (χ2n) is 3.88. The molecule has 1 rings (SSSR count). The predicted molar refractivity (Wildman–Crippen MR) is 68.5 cm³/mol. The Morgan fingerprint density at radius 1 is 1.31 bits per heavy atom. The van der Waals surface area contributed by atoms with E-state index in [4.69, 9.17) is 33.7 Å². The lowest BCUT2D eigenvalue weighted by Crippen LogP contribution is -2.26. The third kappa shape index (κ3) is 3.25. The zero-order chi connectivity index (χ0) is 12.3. The fourth-order valence-corrected chi connectivity index (χ4v) is 2.02. The highest BCUT2D eigenvalue weighted by molar-refractivity contribution is 6.34. The highest BCUT2D eigenvalue weighted by Gasteiger charge is 2.14. The summed E-state index contributed by atoms with van der Waals surface area (Å²) in [5.41, 5.74) is 6.87. The molecule has 90 valence electrons. The standard InChI is InChI=1S/C11H16Cl2N2O/c1-15(2)6-10(14)7-4-9(13)11(16-3)5-8(7)12/h4-5,10H,6,14H2,1-3H3. The van der Waals surface area contributed by atoms with Gasteiger partial charge in [-0.05, 0) is 25.7 Å². The molecule has 1 unspecified atom stereocenters. The average Bonchev–Trinajstić information content (AvgIpc) is 2.19. The normalized spacial score (nSPS) is 12.9. The van der Waals surface area contributed by atoms with E-state index in [0.717, 1.165) is 5.56 Å². The third-order valence-corrected chi connectivity index (χ3v) is 2.86. The van der Waals surface area contributed by atoms with Gasteiger partial charge in [0.15, 0.2) is 0 Å². The van der Waals surface area contributed by atoms with Crippen LogP contribution in [-0.4, -0.2) is 32.6 Å². The van der Waals surface area contributed by atoms with Crippen molar-refractivity contribution in [3.63, 3.8) is 0 Å². The first-order valence-electron chi connectivity index (χ1n) is 4.89. The Morgan fingerprint density at radius 2 is 1.94 bits per heavy atom. The Bertz CT molecular complexity index is 369. The first-order valence-corrected chi connectivity index (χ1v) is 5.64. The van der Waals surface area contributed by atoms with Crippen molar-refractivity contribution in [2.75, 3.05) is 27.7 Å². The maximum atomic E-state index is 6.12. The van der Waals surface area contributed by atoms with Gasteiger partial charge in [0.05, 0.1) is 12.1 Å². The summed E-state index contributed by atoms with van der Waals surface area (Å²) in [6, 6.07) is 3.29. The van der Waals surface area contributed by atoms with Gasteiger partial charge in [0, 0.05) is 23.7 Å². The molecule has 0 fully saturated rings. The molecule has 0 heterocycles. The lowest BCUT2D eigenvalue weighted by Gasteiger charge is -2.19. The molecule has 16 heavy (non-hydrogen) atoms. The van der Waals surface area contributed by atoms with Crippen LogP contribution in [0.15, 0.2) is 12.1 Å². The Hall–Kier alpha value is -0.480. The molecule has 0 aliphatic heterocycles. The van der Waals surface area contributed by atoms with Gasteiger partial charge >= 0.3 is 0 Å². The molecule has 3 nitrogen and oxygen atoms in total. The third-order valence-electron chi connectivity index (χ3n) is 2.23. The summed E-state index contributed by atoms with van der Waals surface area (Å²) < 4.78 is 5.07. The van der Waals surface area contributed by atoms with Crippen LogP contribution in [0.5, 0.6) is 5.75 Å². The summed E-state index contributed by atoms with van der Waals surface area (Å²) in [6.07, 6.45) is 0. The van der Waals surface area contributed by atoms with Gasteiger partial charge in [-0.3, -0.25) is 0 Å². The van der Waals surface area contributed by atoms with Crippen LogP contribution in [0.3, 0.4) is 0 Å². The number of methoxy groups -OCH3 is 1. The van der Waals surface area contributed by atoms with E-state index in [1.54, 1.807) is 19.2 Å². The maximum absolute atomic E-state index is 6.12. The number of nitrogens with zero attached hydrogens (tertiary/aromatic N) is 1. The molecule has 1 atom stereocenters. The number of nitrogens with two attached hydrogens (primary N) is 1. The summed E-state index contributed by atoms with van der Waals surface area (Å²) in [4.78, 5) is 2.00. The van der Waals surface area contributed by atoms with Crippen LogP contribution >= 0.6 is 23.2 Å². The van der Waals surface area contributed by atoms with Crippen LogP contribution in [0.1, 0.15) is 11.6 Å². The van der Waals surface area contributed by atoms with E-state index in [1.807, 2.05) is 19.0 Å². The van der Waals surface area contributed by atoms with Gasteiger partial charge in [0.1, 0.15) is 5.75 Å². The van der Waals surface area contributed by atoms with E-state index in [0.29, 0.717) is 22.3 Å². The molecular weight excluding hydrogens is 247 g/mol. The zero-order valence-corrected chi connectivity index (χ0v) is 11.1. The van der Waals surface area contributed by atoms with E-state index in [9.17, 15) is 0 Å². The summed E-state index contributed by atoms with van der Waals surface area (Å²) in [6.45, 7) is 0.711. The number of benzene rings is 1. The molecular formula is C11H16Cl2N2O. The van der Waals surface area contributed by atoms with Crippen LogP contribution in [0, 0.1) is 0 Å². The van der Waals surface area contributed by atoms with Crippen molar-refractivity contribution >= 4 is 23.2 Å². The molecule has 2 N–H and O–H groups in total. The summed E-state index contributed by atoms with van der Waals surface area (Å²) in [7, 11) is 5.47. The number of hydrogen-bond acceptors (Lipinski definition) is 3. The number of hydrogen-bond donors (Lipinski definition) is 1. The SMILES string of the molecule is COc1cc(Cl)c(C(N)CN(C)C)cc1Cl. The average molecular weight is 263 g/mol. The number of ether oxygens (including phenoxy) is 1. The van der Waals surface area contributed by atoms with Crippen molar-refractivity contribution in [1.29, 1.82) is 0 Å². The molecule has 0 saturated carbocycles. The second kappa shape index (κ2) is 5.73. The monoisotopic (exact) mass is 262 g/mol. The van der Waals surface area contributed by atoms with E-state index >= 15 is 0 Å². The molecule has 5 heteroatoms. The molecule has 0 amide bonds. The van der Waals surface area contributed by atoms with Gasteiger partial charge in [-0.1, -0.05) is 23.2 Å². The Balaban J connectivity index is 3.01. The Labute approximate surface area is 106 Å². The van der Waals surface area contributed by atoms with Crippen LogP contribution in [-0.2, 0) is 0 Å². The first kappa shape index (κ1) is 13.6. The Morgan fingerprint density at radius 3 is 2.44 bits per heavy atom. The van der Waals surface area contributed by atoms with Crippen LogP contribution in [0.2, 0.25) is 10.0 Å². The number of rotatable bonds is 4. The summed E-state index contributed by atoms with van der Waals surface area (Å²) in [5, 5.41) is 1.10.